The standard InChI is InChI=1S/C26H22N4/c1-29-25-14-12-19(16-23(25)24-17-20(27)13-15-26(24)29)18-28-30(21-8-4-2-5-9-21)22-10-6-3-7-11-22/h2-18H,27H2,1H3. The van der Waals surface area contributed by atoms with Crippen LogP contribution < -0.4 is 10.7 Å². The van der Waals surface area contributed by atoms with E-state index in [-0.39, 0.29) is 0 Å². The topological polar surface area (TPSA) is 46.6 Å². The van der Waals surface area contributed by atoms with Gasteiger partial charge in [0.1, 0.15) is 0 Å². The summed E-state index contributed by atoms with van der Waals surface area (Å²) in [4.78, 5) is 0. The maximum absolute atomic E-state index is 6.05. The number of nitrogens with two attached hydrogens (primary N) is 1. The molecular formula is C26H22N4. The zero-order valence-electron chi connectivity index (χ0n) is 16.7. The molecule has 0 unspecified atom stereocenters. The summed E-state index contributed by atoms with van der Waals surface area (Å²) in [6.07, 6.45) is 1.91. The quantitative estimate of drug-likeness (QED) is 0.229. The third-order valence-corrected chi connectivity index (χ3v) is 5.38. The molecule has 5 rings (SSSR count). The Hall–Kier alpha value is -4.05. The Morgan fingerprint density at radius 2 is 1.30 bits per heavy atom. The van der Waals surface area contributed by atoms with Crippen LogP contribution in [-0.2, 0) is 7.05 Å². The third kappa shape index (κ3) is 3.18. The number of hydrogen-bond donors (Lipinski definition) is 1. The molecule has 2 N–H and O–H groups in total. The van der Waals surface area contributed by atoms with Crippen molar-refractivity contribution >= 4 is 45.1 Å². The molecule has 30 heavy (non-hydrogen) atoms. The Bertz CT molecular complexity index is 1310. The van der Waals surface area contributed by atoms with Gasteiger partial charge in [0.2, 0.25) is 0 Å². The summed E-state index contributed by atoms with van der Waals surface area (Å²) in [5, 5.41) is 9.11. The highest BCUT2D eigenvalue weighted by molar-refractivity contribution is 6.10. The van der Waals surface area contributed by atoms with E-state index in [4.69, 9.17) is 10.8 Å². The molecule has 5 aromatic rings. The summed E-state index contributed by atoms with van der Waals surface area (Å²) in [7, 11) is 2.08. The zero-order valence-corrected chi connectivity index (χ0v) is 16.7. The molecule has 4 nitrogen and oxygen atoms in total. The van der Waals surface area contributed by atoms with Gasteiger partial charge in [0.25, 0.3) is 0 Å². The van der Waals surface area contributed by atoms with Crippen LogP contribution in [0.4, 0.5) is 17.1 Å². The molecule has 4 aromatic carbocycles. The molecule has 0 spiro atoms. The molecule has 4 heteroatoms. The Kier molecular flexibility index (Phi) is 4.45. The average molecular weight is 390 g/mol. The lowest BCUT2D eigenvalue weighted by atomic mass is 10.1. The minimum absolute atomic E-state index is 0.772. The Balaban J connectivity index is 1.59. The monoisotopic (exact) mass is 390 g/mol. The van der Waals surface area contributed by atoms with E-state index in [1.165, 1.54) is 16.4 Å². The van der Waals surface area contributed by atoms with Gasteiger partial charge in [-0.15, -0.1) is 0 Å². The van der Waals surface area contributed by atoms with E-state index in [2.05, 4.69) is 60.1 Å². The molecule has 0 bridgehead atoms. The second-order valence-electron chi connectivity index (χ2n) is 7.34. The summed E-state index contributed by atoms with van der Waals surface area (Å²) in [6.45, 7) is 0. The molecule has 0 saturated carbocycles. The van der Waals surface area contributed by atoms with E-state index in [0.717, 1.165) is 28.0 Å². The van der Waals surface area contributed by atoms with Crippen LogP contribution in [0, 0.1) is 0 Å². The van der Waals surface area contributed by atoms with Crippen molar-refractivity contribution in [3.63, 3.8) is 0 Å². The van der Waals surface area contributed by atoms with E-state index in [0.29, 0.717) is 0 Å². The lowest BCUT2D eigenvalue weighted by molar-refractivity contribution is 1.01. The number of hydrogen-bond acceptors (Lipinski definition) is 3. The first-order valence-corrected chi connectivity index (χ1v) is 9.92. The van der Waals surface area contributed by atoms with Crippen molar-refractivity contribution in [1.82, 2.24) is 4.57 Å². The number of nitrogens with zero attached hydrogens (tertiary/aromatic N) is 3. The van der Waals surface area contributed by atoms with Gasteiger partial charge in [-0.05, 0) is 60.2 Å². The van der Waals surface area contributed by atoms with Gasteiger partial charge in [-0.1, -0.05) is 42.5 Å². The predicted octanol–water partition coefficient (Wildman–Crippen LogP) is 6.09. The van der Waals surface area contributed by atoms with E-state index < -0.39 is 0 Å². The third-order valence-electron chi connectivity index (χ3n) is 5.38. The molecular weight excluding hydrogens is 368 g/mol. The normalized spacial score (nSPS) is 11.5. The number of hydrazone groups is 1. The number of nitrogen functional groups attached to an aromatic ring is 1. The van der Waals surface area contributed by atoms with E-state index in [1.807, 2.05) is 59.8 Å². The van der Waals surface area contributed by atoms with Crippen molar-refractivity contribution < 1.29 is 0 Å². The van der Waals surface area contributed by atoms with Gasteiger partial charge in [-0.3, -0.25) is 0 Å². The zero-order chi connectivity index (χ0) is 20.5. The SMILES string of the molecule is Cn1c2ccc(N)cc2c2cc(C=NN(c3ccccc3)c3ccccc3)ccc21. The maximum Gasteiger partial charge on any atom is 0.0652 e. The van der Waals surface area contributed by atoms with Crippen LogP contribution in [0.5, 0.6) is 0 Å². The van der Waals surface area contributed by atoms with Gasteiger partial charge < -0.3 is 10.3 Å². The van der Waals surface area contributed by atoms with Crippen LogP contribution in [0.15, 0.2) is 102 Å². The highest BCUT2D eigenvalue weighted by Crippen LogP contribution is 2.30. The Morgan fingerprint density at radius 3 is 1.93 bits per heavy atom. The number of benzene rings is 4. The van der Waals surface area contributed by atoms with Gasteiger partial charge in [0.05, 0.1) is 17.6 Å². The molecule has 0 aliphatic carbocycles. The highest BCUT2D eigenvalue weighted by atomic mass is 15.5. The molecule has 146 valence electrons. The number of para-hydroxylation sites is 2. The summed E-state index contributed by atoms with van der Waals surface area (Å²) >= 11 is 0. The summed E-state index contributed by atoms with van der Waals surface area (Å²) in [6, 6.07) is 32.8. The Morgan fingerprint density at radius 1 is 0.733 bits per heavy atom. The lowest BCUT2D eigenvalue weighted by Crippen LogP contribution is -2.09. The number of rotatable bonds is 4. The van der Waals surface area contributed by atoms with E-state index in [1.54, 1.807) is 0 Å². The highest BCUT2D eigenvalue weighted by Gasteiger charge is 2.10. The second-order valence-corrected chi connectivity index (χ2v) is 7.34. The minimum Gasteiger partial charge on any atom is -0.399 e. The van der Waals surface area contributed by atoms with Crippen LogP contribution in [0.3, 0.4) is 0 Å². The first-order chi connectivity index (χ1) is 14.7. The molecule has 0 fully saturated rings. The molecule has 1 heterocycles. The lowest BCUT2D eigenvalue weighted by Gasteiger charge is -2.19. The Labute approximate surface area is 175 Å². The first-order valence-electron chi connectivity index (χ1n) is 9.92. The molecule has 1 aromatic heterocycles. The molecule has 0 saturated heterocycles. The second kappa shape index (κ2) is 7.41. The van der Waals surface area contributed by atoms with Crippen molar-refractivity contribution in [3.8, 4) is 0 Å². The van der Waals surface area contributed by atoms with Gasteiger partial charge in [0, 0.05) is 34.5 Å². The van der Waals surface area contributed by atoms with Crippen molar-refractivity contribution in [2.24, 2.45) is 12.1 Å². The molecule has 0 amide bonds. The summed E-state index contributed by atoms with van der Waals surface area (Å²) in [5.41, 5.74) is 12.2. The molecule has 0 atom stereocenters. The fraction of sp³-hybridized carbons (Fsp3) is 0.0385. The summed E-state index contributed by atoms with van der Waals surface area (Å²) < 4.78 is 2.20. The molecule has 0 aliphatic heterocycles. The fourth-order valence-electron chi connectivity index (χ4n) is 3.88. The van der Waals surface area contributed by atoms with E-state index in [9.17, 15) is 0 Å². The van der Waals surface area contributed by atoms with Gasteiger partial charge >= 0.3 is 0 Å². The van der Waals surface area contributed by atoms with Crippen LogP contribution in [0.25, 0.3) is 21.8 Å². The summed E-state index contributed by atoms with van der Waals surface area (Å²) in [5.74, 6) is 0. The predicted molar refractivity (Wildman–Crippen MR) is 127 cm³/mol. The van der Waals surface area contributed by atoms with Gasteiger partial charge in [-0.2, -0.15) is 5.10 Å². The number of anilines is 3. The molecule has 0 radical (unpaired) electrons. The largest absolute Gasteiger partial charge is 0.399 e. The van der Waals surface area contributed by atoms with Crippen molar-refractivity contribution in [2.45, 2.75) is 0 Å². The van der Waals surface area contributed by atoms with Crippen LogP contribution in [-0.4, -0.2) is 10.8 Å². The van der Waals surface area contributed by atoms with Crippen LogP contribution in [0.2, 0.25) is 0 Å². The van der Waals surface area contributed by atoms with Crippen molar-refractivity contribution in [3.05, 3.63) is 103 Å². The number of aryl methyl sites for hydroxylation is 1. The smallest absolute Gasteiger partial charge is 0.0652 e. The minimum atomic E-state index is 0.772. The number of aromatic nitrogens is 1. The first kappa shape index (κ1) is 18.0. The van der Waals surface area contributed by atoms with Crippen LogP contribution >= 0.6 is 0 Å². The van der Waals surface area contributed by atoms with Crippen LogP contribution in [0.1, 0.15) is 5.56 Å². The van der Waals surface area contributed by atoms with Crippen molar-refractivity contribution in [1.29, 1.82) is 0 Å². The average Bonchev–Trinajstić information content (AvgIpc) is 3.06. The fourth-order valence-corrected chi connectivity index (χ4v) is 3.88. The van der Waals surface area contributed by atoms with Gasteiger partial charge in [0.15, 0.2) is 0 Å². The number of fused-ring (bicyclic) bond motifs is 3. The molecule has 0 aliphatic rings. The van der Waals surface area contributed by atoms with Gasteiger partial charge in [-0.25, -0.2) is 5.01 Å². The van der Waals surface area contributed by atoms with E-state index >= 15 is 0 Å². The maximum atomic E-state index is 6.05. The van der Waals surface area contributed by atoms with Crippen molar-refractivity contribution in [2.75, 3.05) is 10.7 Å².